The molecule has 0 unspecified atom stereocenters. The normalized spacial score (nSPS) is 25.0. The van der Waals surface area contributed by atoms with Crippen molar-refractivity contribution in [3.05, 3.63) is 0 Å². The lowest BCUT2D eigenvalue weighted by Crippen LogP contribution is -2.62. The van der Waals surface area contributed by atoms with Crippen molar-refractivity contribution in [3.63, 3.8) is 0 Å². The second-order valence-corrected chi connectivity index (χ2v) is 8.80. The maximum Gasteiger partial charge on any atom is 0.354 e. The Morgan fingerprint density at radius 2 is 1.17 bits per heavy atom. The van der Waals surface area contributed by atoms with Crippen molar-refractivity contribution in [1.82, 2.24) is 40.9 Å². The van der Waals surface area contributed by atoms with Gasteiger partial charge in [-0.15, -0.1) is 0 Å². The first-order chi connectivity index (χ1) is 17.1. The third-order valence-electron chi connectivity index (χ3n) is 6.63. The Balaban J connectivity index is 0.000000201. The number of carboxylic acids is 1. The van der Waals surface area contributed by atoms with Crippen LogP contribution in [0.3, 0.4) is 0 Å². The topological polar surface area (TPSA) is 166 Å². The Kier molecular flexibility index (Phi) is 8.68. The summed E-state index contributed by atoms with van der Waals surface area (Å²) in [5, 5.41) is 16.9. The second-order valence-electron chi connectivity index (χ2n) is 8.80. The number of nitrogens with zero attached hydrogens (tertiary/aromatic N) is 6. The third kappa shape index (κ3) is 5.36. The number of hydrazine groups is 4. The molecule has 0 aromatic rings. The summed E-state index contributed by atoms with van der Waals surface area (Å²) in [7, 11) is 3.20. The Bertz CT molecular complexity index is 843. The van der Waals surface area contributed by atoms with Crippen LogP contribution < -0.4 is 10.9 Å². The van der Waals surface area contributed by atoms with E-state index in [1.165, 1.54) is 32.0 Å². The van der Waals surface area contributed by atoms with Crippen LogP contribution in [0.25, 0.3) is 0 Å². The smallest absolute Gasteiger partial charge is 0.354 e. The van der Waals surface area contributed by atoms with Crippen LogP contribution in [0, 0.1) is 0 Å². The summed E-state index contributed by atoms with van der Waals surface area (Å²) in [6.45, 7) is 2.93. The number of nitrogens with one attached hydrogen (secondary N) is 2. The standard InChI is InChI=1S/C11H18N4O3.C10H16N4O4/c1-8(16)9-4-3-6-14-10(17)5-7-13(12-2)11(18)15(9)14;1-11-12-6-4-8(15)13-5-2-3-7(9(16)17)14(13)10(12)18/h9,12H,3-7H2,1-2H3;7,11H,2-6H2,1H3,(H,16,17)/t9-;7-/m00/s1. The maximum absolute atomic E-state index is 12.3. The molecule has 15 nitrogen and oxygen atoms in total. The molecule has 4 aliphatic heterocycles. The zero-order valence-electron chi connectivity index (χ0n) is 20.8. The van der Waals surface area contributed by atoms with Gasteiger partial charge in [-0.1, -0.05) is 0 Å². The minimum absolute atomic E-state index is 0.0844. The highest BCUT2D eigenvalue weighted by atomic mass is 16.4. The Morgan fingerprint density at radius 1 is 0.750 bits per heavy atom. The summed E-state index contributed by atoms with van der Waals surface area (Å²) in [6, 6.07) is -2.31. The molecule has 0 radical (unpaired) electrons. The van der Waals surface area contributed by atoms with E-state index in [1.807, 2.05) is 0 Å². The molecule has 0 aliphatic carbocycles. The van der Waals surface area contributed by atoms with Gasteiger partial charge in [-0.05, 0) is 32.6 Å². The lowest BCUT2D eigenvalue weighted by molar-refractivity contribution is -0.162. The molecular weight excluding hydrogens is 476 g/mol. The van der Waals surface area contributed by atoms with Crippen molar-refractivity contribution in [1.29, 1.82) is 0 Å². The number of carbonyl (C=O) groups is 6. The molecule has 4 heterocycles. The largest absolute Gasteiger partial charge is 0.480 e. The van der Waals surface area contributed by atoms with Gasteiger partial charge in [0.25, 0.3) is 0 Å². The fourth-order valence-electron chi connectivity index (χ4n) is 4.76. The zero-order valence-corrected chi connectivity index (χ0v) is 20.8. The first-order valence-corrected chi connectivity index (χ1v) is 12.0. The van der Waals surface area contributed by atoms with E-state index in [2.05, 4.69) is 10.9 Å². The summed E-state index contributed by atoms with van der Waals surface area (Å²) in [4.78, 5) is 71.3. The van der Waals surface area contributed by atoms with Crippen molar-refractivity contribution in [2.45, 2.75) is 57.5 Å². The average Bonchev–Trinajstić information content (AvgIpc) is 3.07. The molecule has 200 valence electrons. The van der Waals surface area contributed by atoms with E-state index in [4.69, 9.17) is 5.11 Å². The molecule has 4 rings (SSSR count). The molecule has 4 saturated heterocycles. The molecule has 4 fully saturated rings. The molecule has 0 saturated carbocycles. The number of amides is 6. The van der Waals surface area contributed by atoms with E-state index in [0.29, 0.717) is 38.9 Å². The molecule has 6 amide bonds. The number of aliphatic carboxylic acids is 1. The second kappa shape index (κ2) is 11.5. The van der Waals surface area contributed by atoms with Crippen LogP contribution in [0.2, 0.25) is 0 Å². The number of urea groups is 2. The van der Waals surface area contributed by atoms with Crippen LogP contribution in [0.15, 0.2) is 0 Å². The summed E-state index contributed by atoms with van der Waals surface area (Å²) in [5.41, 5.74) is 5.44. The minimum Gasteiger partial charge on any atom is -0.480 e. The number of hydrogen-bond donors (Lipinski definition) is 3. The average molecular weight is 511 g/mol. The van der Waals surface area contributed by atoms with E-state index in [-0.39, 0.29) is 43.0 Å². The lowest BCUT2D eigenvalue weighted by Gasteiger charge is -2.42. The van der Waals surface area contributed by atoms with E-state index in [0.717, 1.165) is 11.4 Å². The van der Waals surface area contributed by atoms with Crippen molar-refractivity contribution in [2.24, 2.45) is 0 Å². The lowest BCUT2D eigenvalue weighted by atomic mass is 10.0. The summed E-state index contributed by atoms with van der Waals surface area (Å²) in [6.07, 6.45) is 2.78. The van der Waals surface area contributed by atoms with E-state index in [9.17, 15) is 28.8 Å². The summed E-state index contributed by atoms with van der Waals surface area (Å²) < 4.78 is 0. The molecule has 15 heteroatoms. The van der Waals surface area contributed by atoms with Crippen LogP contribution in [-0.4, -0.2) is 123 Å². The van der Waals surface area contributed by atoms with Crippen molar-refractivity contribution >= 4 is 35.6 Å². The Labute approximate surface area is 208 Å². The predicted molar refractivity (Wildman–Crippen MR) is 123 cm³/mol. The van der Waals surface area contributed by atoms with Gasteiger partial charge in [-0.3, -0.25) is 24.4 Å². The first-order valence-electron chi connectivity index (χ1n) is 12.0. The number of hydrogen-bond acceptors (Lipinski definition) is 8. The maximum atomic E-state index is 12.3. The van der Waals surface area contributed by atoms with Crippen LogP contribution in [-0.2, 0) is 19.2 Å². The van der Waals surface area contributed by atoms with Gasteiger partial charge in [0.05, 0.1) is 0 Å². The van der Waals surface area contributed by atoms with Gasteiger partial charge in [0.2, 0.25) is 11.8 Å². The van der Waals surface area contributed by atoms with Crippen LogP contribution in [0.4, 0.5) is 9.59 Å². The molecule has 36 heavy (non-hydrogen) atoms. The van der Waals surface area contributed by atoms with E-state index >= 15 is 0 Å². The number of Topliss-reactive ketones (excluding diaryl/α,β-unsaturated/α-hetero) is 1. The van der Waals surface area contributed by atoms with Gasteiger partial charge in [0, 0.05) is 53.1 Å². The fraction of sp³-hybridized carbons (Fsp3) is 0.714. The molecule has 0 aromatic carbocycles. The SMILES string of the molecule is CNN1CCC(=O)N2CCC[C@@H](C(=O)O)N2C1=O.CNN1CCC(=O)N2CCC[C@@H](C(C)=O)N2C1=O. The van der Waals surface area contributed by atoms with Crippen molar-refractivity contribution in [2.75, 3.05) is 40.3 Å². The molecule has 0 bridgehead atoms. The van der Waals surface area contributed by atoms with Crippen LogP contribution in [0.1, 0.15) is 45.4 Å². The number of carbonyl (C=O) groups excluding carboxylic acids is 5. The zero-order chi connectivity index (χ0) is 26.6. The van der Waals surface area contributed by atoms with Crippen molar-refractivity contribution < 1.29 is 33.9 Å². The molecule has 0 spiro atoms. The van der Waals surface area contributed by atoms with Gasteiger partial charge in [0.1, 0.15) is 6.04 Å². The van der Waals surface area contributed by atoms with Gasteiger partial charge in [0.15, 0.2) is 11.8 Å². The van der Waals surface area contributed by atoms with Crippen molar-refractivity contribution in [3.8, 4) is 0 Å². The van der Waals surface area contributed by atoms with Crippen LogP contribution in [0.5, 0.6) is 0 Å². The number of ketones is 1. The predicted octanol–water partition coefficient (Wildman–Crippen LogP) is -1.02. The monoisotopic (exact) mass is 510 g/mol. The molecule has 3 N–H and O–H groups in total. The van der Waals surface area contributed by atoms with E-state index in [1.54, 1.807) is 14.1 Å². The third-order valence-corrected chi connectivity index (χ3v) is 6.63. The van der Waals surface area contributed by atoms with Gasteiger partial charge < -0.3 is 5.11 Å². The first kappa shape index (κ1) is 27.1. The van der Waals surface area contributed by atoms with Gasteiger partial charge in [-0.2, -0.15) is 0 Å². The Morgan fingerprint density at radius 3 is 1.56 bits per heavy atom. The highest BCUT2D eigenvalue weighted by Gasteiger charge is 2.44. The quantitative estimate of drug-likeness (QED) is 0.429. The molecule has 0 aromatic heterocycles. The number of fused-ring (bicyclic) bond motifs is 2. The molecular formula is C21H34N8O7. The summed E-state index contributed by atoms with van der Waals surface area (Å²) >= 11 is 0. The fourth-order valence-corrected chi connectivity index (χ4v) is 4.76. The van der Waals surface area contributed by atoms with Gasteiger partial charge in [-0.25, -0.2) is 45.3 Å². The molecule has 4 aliphatic rings. The number of rotatable bonds is 4. The molecule has 2 atom stereocenters. The van der Waals surface area contributed by atoms with E-state index < -0.39 is 24.1 Å². The van der Waals surface area contributed by atoms with Crippen LogP contribution >= 0.6 is 0 Å². The highest BCUT2D eigenvalue weighted by molar-refractivity contribution is 5.90. The number of carboxylic acid groups (broad SMARTS) is 1. The highest BCUT2D eigenvalue weighted by Crippen LogP contribution is 2.24. The summed E-state index contributed by atoms with van der Waals surface area (Å²) in [5.74, 6) is -1.49. The van der Waals surface area contributed by atoms with Gasteiger partial charge >= 0.3 is 18.0 Å². The Hall–Kier alpha value is -3.46. The minimum atomic E-state index is -1.08.